The molecule has 2 nitrogen and oxygen atoms in total. The molecule has 31 heavy (non-hydrogen) atoms. The average molecular weight is 429 g/mol. The molecule has 2 heteroatoms. The van der Waals surface area contributed by atoms with Gasteiger partial charge in [0, 0.05) is 7.11 Å². The molecule has 0 amide bonds. The highest BCUT2D eigenvalue weighted by Crippen LogP contribution is 2.68. The first kappa shape index (κ1) is 23.6. The molecular formula is C29H48O2. The Labute approximate surface area is 191 Å². The highest BCUT2D eigenvalue weighted by atomic mass is 16.5. The normalized spacial score (nSPS) is 45.5. The molecule has 0 aliphatic heterocycles. The molecule has 1 N–H and O–H groups in total. The van der Waals surface area contributed by atoms with Gasteiger partial charge in [0.05, 0.1) is 6.10 Å². The number of ether oxygens (including phenoxy) is 1. The van der Waals surface area contributed by atoms with E-state index in [1.54, 1.807) is 0 Å². The Morgan fingerprint density at radius 2 is 1.90 bits per heavy atom. The van der Waals surface area contributed by atoms with Crippen molar-refractivity contribution in [1.29, 1.82) is 0 Å². The zero-order valence-corrected chi connectivity index (χ0v) is 21.1. The van der Waals surface area contributed by atoms with Crippen molar-refractivity contribution in [1.82, 2.24) is 0 Å². The molecule has 3 saturated carbocycles. The molecule has 4 aliphatic carbocycles. The molecule has 0 aromatic rings. The molecule has 0 aromatic heterocycles. The lowest BCUT2D eigenvalue weighted by Crippen LogP contribution is -2.60. The maximum Gasteiger partial charge on any atom is 0.105 e. The largest absolute Gasteiger partial charge is 0.390 e. The van der Waals surface area contributed by atoms with Gasteiger partial charge < -0.3 is 9.84 Å². The first-order valence-corrected chi connectivity index (χ1v) is 13.2. The van der Waals surface area contributed by atoms with Gasteiger partial charge in [-0.25, -0.2) is 0 Å². The highest BCUT2D eigenvalue weighted by Gasteiger charge is 2.63. The number of aliphatic hydroxyl groups excluding tert-OH is 1. The number of fused-ring (bicyclic) bond motifs is 5. The fourth-order valence-corrected chi connectivity index (χ4v) is 8.89. The summed E-state index contributed by atoms with van der Waals surface area (Å²) >= 11 is 0. The molecule has 0 unspecified atom stereocenters. The van der Waals surface area contributed by atoms with E-state index in [1.807, 2.05) is 7.11 Å². The zero-order valence-electron chi connectivity index (χ0n) is 21.1. The van der Waals surface area contributed by atoms with Crippen LogP contribution in [0.3, 0.4) is 0 Å². The van der Waals surface area contributed by atoms with Crippen LogP contribution in [-0.4, -0.2) is 24.4 Å². The van der Waals surface area contributed by atoms with E-state index in [0.717, 1.165) is 18.3 Å². The maximum atomic E-state index is 11.7. The summed E-state index contributed by atoms with van der Waals surface area (Å²) in [6, 6.07) is 0. The summed E-state index contributed by atoms with van der Waals surface area (Å²) in [5, 5.41) is 11.7. The quantitative estimate of drug-likeness (QED) is 0.454. The Kier molecular flexibility index (Phi) is 6.56. The minimum absolute atomic E-state index is 0.0975. The van der Waals surface area contributed by atoms with Crippen molar-refractivity contribution in [2.75, 3.05) is 7.11 Å². The van der Waals surface area contributed by atoms with Crippen molar-refractivity contribution in [3.05, 3.63) is 23.8 Å². The van der Waals surface area contributed by atoms with Gasteiger partial charge in [0.1, 0.15) is 6.10 Å². The van der Waals surface area contributed by atoms with Gasteiger partial charge in [0.15, 0.2) is 0 Å². The van der Waals surface area contributed by atoms with E-state index in [4.69, 9.17) is 4.74 Å². The molecule has 0 saturated heterocycles. The van der Waals surface area contributed by atoms with Crippen LogP contribution in [0.1, 0.15) is 92.4 Å². The highest BCUT2D eigenvalue weighted by molar-refractivity contribution is 5.30. The van der Waals surface area contributed by atoms with Crippen molar-refractivity contribution < 1.29 is 9.84 Å². The summed E-state index contributed by atoms with van der Waals surface area (Å²) in [4.78, 5) is 0. The standard InChI is InChI=1S/C29H48O2/c1-18(2)19(3)11-12-20(4)21-13-14-22-25-23(15-17-29(21,22)6)28(5)16-9-8-10-24(28)27(31-7)26(25)30/h10,18,20-23,25-27,30H,3,8-9,11-17H2,1-2,4-7H3/t20-,21-,22+,23+,25+,26+,27-,28-,29-/m1/s1. The second-order valence-electron chi connectivity index (χ2n) is 12.5. The Hall–Kier alpha value is -0.600. The van der Waals surface area contributed by atoms with Crippen LogP contribution in [-0.2, 0) is 4.74 Å². The fourth-order valence-electron chi connectivity index (χ4n) is 8.89. The van der Waals surface area contributed by atoms with Crippen LogP contribution in [0.4, 0.5) is 0 Å². The van der Waals surface area contributed by atoms with E-state index in [9.17, 15) is 5.11 Å². The lowest BCUT2D eigenvalue weighted by Gasteiger charge is -2.61. The first-order chi connectivity index (χ1) is 14.6. The molecule has 0 bridgehead atoms. The zero-order chi connectivity index (χ0) is 22.6. The minimum atomic E-state index is -0.341. The molecule has 4 aliphatic rings. The van der Waals surface area contributed by atoms with E-state index in [1.165, 1.54) is 62.5 Å². The number of allylic oxidation sites excluding steroid dienone is 2. The van der Waals surface area contributed by atoms with Gasteiger partial charge in [-0.3, -0.25) is 0 Å². The molecular weight excluding hydrogens is 380 g/mol. The summed E-state index contributed by atoms with van der Waals surface area (Å²) in [5.41, 5.74) is 3.42. The van der Waals surface area contributed by atoms with E-state index < -0.39 is 0 Å². The molecule has 3 fully saturated rings. The Morgan fingerprint density at radius 3 is 2.58 bits per heavy atom. The second kappa shape index (κ2) is 8.64. The third-order valence-electron chi connectivity index (χ3n) is 10.8. The van der Waals surface area contributed by atoms with Crippen LogP contribution in [0.25, 0.3) is 0 Å². The van der Waals surface area contributed by atoms with Crippen molar-refractivity contribution in [3.8, 4) is 0 Å². The van der Waals surface area contributed by atoms with Crippen LogP contribution in [0.15, 0.2) is 23.8 Å². The molecule has 4 rings (SSSR count). The van der Waals surface area contributed by atoms with E-state index in [2.05, 4.69) is 47.3 Å². The summed E-state index contributed by atoms with van der Waals surface area (Å²) in [6.45, 7) is 16.5. The topological polar surface area (TPSA) is 29.5 Å². The molecule has 0 aromatic carbocycles. The van der Waals surface area contributed by atoms with Crippen LogP contribution < -0.4 is 0 Å². The van der Waals surface area contributed by atoms with Crippen molar-refractivity contribution >= 4 is 0 Å². The smallest absolute Gasteiger partial charge is 0.105 e. The lowest BCUT2D eigenvalue weighted by atomic mass is 9.45. The maximum absolute atomic E-state index is 11.7. The predicted octanol–water partition coefficient (Wildman–Crippen LogP) is 7.18. The average Bonchev–Trinajstić information content (AvgIpc) is 3.09. The second-order valence-corrected chi connectivity index (χ2v) is 12.5. The van der Waals surface area contributed by atoms with Crippen molar-refractivity contribution in [3.63, 3.8) is 0 Å². The fraction of sp³-hybridized carbons (Fsp3) is 0.862. The van der Waals surface area contributed by atoms with Gasteiger partial charge in [-0.15, -0.1) is 0 Å². The number of methoxy groups -OCH3 is 1. The molecule has 176 valence electrons. The lowest BCUT2D eigenvalue weighted by molar-refractivity contribution is -0.157. The van der Waals surface area contributed by atoms with Crippen LogP contribution in [0.2, 0.25) is 0 Å². The SMILES string of the molecule is C=C(CC[C@@H](C)[C@H]1CC[C@H]2[C@@H]3[C@H](O)[C@H](OC)C4=CCCC[C@]4(C)[C@H]3CC[C@]12C)C(C)C. The third kappa shape index (κ3) is 3.68. The first-order valence-electron chi connectivity index (χ1n) is 13.2. The van der Waals surface area contributed by atoms with Crippen molar-refractivity contribution in [2.45, 2.75) is 105 Å². The number of aliphatic hydroxyl groups is 1. The molecule has 9 atom stereocenters. The van der Waals surface area contributed by atoms with Crippen LogP contribution in [0, 0.1) is 46.3 Å². The van der Waals surface area contributed by atoms with E-state index in [0.29, 0.717) is 29.1 Å². The summed E-state index contributed by atoms with van der Waals surface area (Å²) in [6.07, 6.45) is 13.4. The molecule has 0 heterocycles. The van der Waals surface area contributed by atoms with Gasteiger partial charge in [-0.2, -0.15) is 0 Å². The van der Waals surface area contributed by atoms with Gasteiger partial charge in [-0.1, -0.05) is 52.8 Å². The third-order valence-corrected chi connectivity index (χ3v) is 10.8. The molecule has 0 radical (unpaired) electrons. The summed E-state index contributed by atoms with van der Waals surface area (Å²) in [5.74, 6) is 3.76. The Morgan fingerprint density at radius 1 is 1.16 bits per heavy atom. The van der Waals surface area contributed by atoms with Gasteiger partial charge in [0.25, 0.3) is 0 Å². The van der Waals surface area contributed by atoms with E-state index in [-0.39, 0.29) is 17.6 Å². The Bertz CT molecular complexity index is 708. The van der Waals surface area contributed by atoms with E-state index >= 15 is 0 Å². The van der Waals surface area contributed by atoms with Crippen LogP contribution >= 0.6 is 0 Å². The van der Waals surface area contributed by atoms with Crippen LogP contribution in [0.5, 0.6) is 0 Å². The van der Waals surface area contributed by atoms with Gasteiger partial charge in [0.2, 0.25) is 0 Å². The Balaban J connectivity index is 1.58. The van der Waals surface area contributed by atoms with Gasteiger partial charge in [-0.05, 0) is 110 Å². The minimum Gasteiger partial charge on any atom is -0.390 e. The summed E-state index contributed by atoms with van der Waals surface area (Å²) < 4.78 is 6.00. The predicted molar refractivity (Wildman–Crippen MR) is 130 cm³/mol. The van der Waals surface area contributed by atoms with Gasteiger partial charge >= 0.3 is 0 Å². The monoisotopic (exact) mass is 428 g/mol. The molecule has 0 spiro atoms. The number of hydrogen-bond donors (Lipinski definition) is 1. The number of rotatable bonds is 6. The van der Waals surface area contributed by atoms with Crippen molar-refractivity contribution in [2.24, 2.45) is 46.3 Å². The summed E-state index contributed by atoms with van der Waals surface area (Å²) in [7, 11) is 1.81. The number of hydrogen-bond acceptors (Lipinski definition) is 2.